The van der Waals surface area contributed by atoms with Crippen LogP contribution in [-0.2, 0) is 33.9 Å². The Bertz CT molecular complexity index is 2020. The molecule has 2 aromatic rings. The smallest absolute Gasteiger partial charge is 0.307 e. The Kier molecular flexibility index (Phi) is 12.6. The fourth-order valence-electron chi connectivity index (χ4n) is 8.21. The lowest BCUT2D eigenvalue weighted by molar-refractivity contribution is -0.160. The van der Waals surface area contributed by atoms with Gasteiger partial charge in [-0.1, -0.05) is 43.7 Å². The van der Waals surface area contributed by atoms with Crippen LogP contribution in [0, 0.1) is 29.1 Å². The molecule has 0 unspecified atom stereocenters. The summed E-state index contributed by atoms with van der Waals surface area (Å²) < 4.78 is 71.7. The summed E-state index contributed by atoms with van der Waals surface area (Å²) in [4.78, 5) is 62.5. The lowest BCUT2D eigenvalue weighted by atomic mass is 9.82. The average molecular weight is 836 g/mol. The van der Waals surface area contributed by atoms with Crippen LogP contribution in [0.4, 0.5) is 8.78 Å². The van der Waals surface area contributed by atoms with Gasteiger partial charge in [-0.25, -0.2) is 17.2 Å². The van der Waals surface area contributed by atoms with E-state index in [4.69, 9.17) is 25.8 Å². The first-order chi connectivity index (χ1) is 26.8. The van der Waals surface area contributed by atoms with E-state index in [1.165, 1.54) is 11.0 Å². The number of Topliss-reactive ketones (excluding diaryl/α,β-unsaturated/α-hetero) is 1. The number of nitrogens with one attached hydrogen (secondary N) is 1. The molecule has 1 aromatic carbocycles. The van der Waals surface area contributed by atoms with E-state index in [2.05, 4.69) is 16.6 Å². The van der Waals surface area contributed by atoms with Gasteiger partial charge in [0.2, 0.25) is 33.6 Å². The van der Waals surface area contributed by atoms with Crippen LogP contribution in [-0.4, -0.2) is 84.4 Å². The van der Waals surface area contributed by atoms with Gasteiger partial charge < -0.3 is 19.1 Å². The van der Waals surface area contributed by atoms with E-state index >= 15 is 0 Å². The van der Waals surface area contributed by atoms with E-state index < -0.39 is 81.0 Å². The molecule has 2 aliphatic carbocycles. The third-order valence-electron chi connectivity index (χ3n) is 11.4. The minimum absolute atomic E-state index is 0.00655. The standard InChI is InChI=1S/C41H52ClF2N3O9S/c1-23-9-6-7-10-25-19-41(25,39(51)46-57(52,53)27-13-14-27)20-33(48)32-16-26(21-47(32)38(50)29(24(2)15-23)18-36(49)56-40(3,4)5)55-37-28-11-8-12-31(42)30(28)17-35(45-37)54-22-34(43)44/h7-8,10-12,17,23-27,29,32,34H,6,9,13-16,18-22H2,1-5H3,(H,46,51)/b10-7-/t23-,24-,25-,26-,29+,32+,41-/m1/s1. The van der Waals surface area contributed by atoms with Crippen molar-refractivity contribution in [3.8, 4) is 11.8 Å². The minimum atomic E-state index is -3.91. The van der Waals surface area contributed by atoms with Crippen LogP contribution in [0.2, 0.25) is 5.02 Å². The Morgan fingerprint density at radius 1 is 1.11 bits per heavy atom. The Hall–Kier alpha value is -3.85. The quantitative estimate of drug-likeness (QED) is 0.199. The fourth-order valence-corrected chi connectivity index (χ4v) is 9.82. The third kappa shape index (κ3) is 10.2. The zero-order valence-corrected chi connectivity index (χ0v) is 34.5. The number of sulfonamides is 1. The molecule has 1 aromatic heterocycles. The van der Waals surface area contributed by atoms with Crippen LogP contribution in [0.5, 0.6) is 11.8 Å². The largest absolute Gasteiger partial charge is 0.472 e. The Morgan fingerprint density at radius 3 is 2.53 bits per heavy atom. The number of halogens is 3. The number of nitrogens with zero attached hydrogens (tertiary/aromatic N) is 2. The van der Waals surface area contributed by atoms with Gasteiger partial charge in [-0.05, 0) is 89.2 Å². The van der Waals surface area contributed by atoms with Crippen LogP contribution < -0.4 is 14.2 Å². The number of carbonyl (C=O) groups excluding carboxylic acids is 4. The summed E-state index contributed by atoms with van der Waals surface area (Å²) in [7, 11) is -3.91. The molecule has 57 heavy (non-hydrogen) atoms. The van der Waals surface area contributed by atoms with E-state index in [1.807, 2.05) is 19.1 Å². The zero-order valence-electron chi connectivity index (χ0n) is 33.0. The Labute approximate surface area is 337 Å². The topological polar surface area (TPSA) is 158 Å². The van der Waals surface area contributed by atoms with Crippen LogP contribution in [0.25, 0.3) is 10.8 Å². The van der Waals surface area contributed by atoms with Crippen molar-refractivity contribution < 1.29 is 50.6 Å². The lowest BCUT2D eigenvalue weighted by Crippen LogP contribution is -2.47. The second kappa shape index (κ2) is 16.8. The summed E-state index contributed by atoms with van der Waals surface area (Å²) in [5, 5.41) is 0.517. The first-order valence-electron chi connectivity index (χ1n) is 19.7. The van der Waals surface area contributed by atoms with E-state index in [1.54, 1.807) is 39.0 Å². The van der Waals surface area contributed by atoms with Crippen molar-refractivity contribution in [2.24, 2.45) is 29.1 Å². The summed E-state index contributed by atoms with van der Waals surface area (Å²) in [6.07, 6.45) is 2.88. The van der Waals surface area contributed by atoms with Gasteiger partial charge in [-0.15, -0.1) is 0 Å². The molecule has 0 bridgehead atoms. The molecule has 2 amide bonds. The molecule has 4 aliphatic rings. The maximum absolute atomic E-state index is 14.9. The second-order valence-electron chi connectivity index (χ2n) is 17.3. The van der Waals surface area contributed by atoms with Crippen molar-refractivity contribution in [2.75, 3.05) is 13.2 Å². The first-order valence-corrected chi connectivity index (χ1v) is 21.6. The summed E-state index contributed by atoms with van der Waals surface area (Å²) in [5.74, 6) is -3.75. The van der Waals surface area contributed by atoms with E-state index in [0.29, 0.717) is 41.5 Å². The average Bonchev–Trinajstić information content (AvgIpc) is 4.04. The van der Waals surface area contributed by atoms with Crippen molar-refractivity contribution in [3.63, 3.8) is 0 Å². The molecular formula is C41H52ClF2N3O9S. The van der Waals surface area contributed by atoms with Gasteiger partial charge in [0.25, 0.3) is 6.43 Å². The number of carbonyl (C=O) groups is 4. The zero-order chi connectivity index (χ0) is 41.4. The summed E-state index contributed by atoms with van der Waals surface area (Å²) in [6, 6.07) is 5.29. The van der Waals surface area contributed by atoms with E-state index in [-0.39, 0.29) is 61.7 Å². The second-order valence-corrected chi connectivity index (χ2v) is 19.7. The third-order valence-corrected chi connectivity index (χ3v) is 13.5. The molecule has 0 radical (unpaired) electrons. The highest BCUT2D eigenvalue weighted by molar-refractivity contribution is 7.90. The molecule has 2 aliphatic heterocycles. The maximum Gasteiger partial charge on any atom is 0.307 e. The Balaban J connectivity index is 1.36. The highest BCUT2D eigenvalue weighted by Crippen LogP contribution is 2.57. The highest BCUT2D eigenvalue weighted by Gasteiger charge is 2.61. The van der Waals surface area contributed by atoms with Gasteiger partial charge >= 0.3 is 5.97 Å². The molecule has 312 valence electrons. The van der Waals surface area contributed by atoms with E-state index in [9.17, 15) is 36.4 Å². The molecule has 0 spiro atoms. The predicted octanol–water partition coefficient (Wildman–Crippen LogP) is 6.81. The number of esters is 1. The van der Waals surface area contributed by atoms with Crippen LogP contribution in [0.1, 0.15) is 92.4 Å². The van der Waals surface area contributed by atoms with Crippen molar-refractivity contribution in [1.82, 2.24) is 14.6 Å². The fraction of sp³-hybridized carbons (Fsp3) is 0.634. The number of hydrogen-bond acceptors (Lipinski definition) is 10. The van der Waals surface area contributed by atoms with Crippen molar-refractivity contribution >= 4 is 56.0 Å². The minimum Gasteiger partial charge on any atom is -0.472 e. The monoisotopic (exact) mass is 835 g/mol. The number of ether oxygens (including phenoxy) is 3. The van der Waals surface area contributed by atoms with Gasteiger partial charge in [0, 0.05) is 34.7 Å². The van der Waals surface area contributed by atoms with Crippen molar-refractivity contribution in [3.05, 3.63) is 41.4 Å². The number of aromatic nitrogens is 1. The van der Waals surface area contributed by atoms with Crippen molar-refractivity contribution in [1.29, 1.82) is 0 Å². The molecule has 2 saturated carbocycles. The Morgan fingerprint density at radius 2 is 1.84 bits per heavy atom. The van der Waals surface area contributed by atoms with E-state index in [0.717, 1.165) is 6.42 Å². The van der Waals surface area contributed by atoms with Gasteiger partial charge in [0.05, 0.1) is 35.6 Å². The molecule has 1 saturated heterocycles. The SMILES string of the molecule is C[C@@H]1CC/C=C\[C@@H]2C[C@@]2(C(=O)NS(=O)(=O)C2CC2)CC(=O)[C@@H]2C[C@@H](Oc3nc(OCC(F)F)cc4c(Cl)cccc34)CN2C(=O)[C@@H](CC(=O)OC(C)(C)C)[C@H](C)C1. The number of alkyl halides is 2. The first kappa shape index (κ1) is 42.7. The van der Waals surface area contributed by atoms with Crippen molar-refractivity contribution in [2.45, 2.75) is 122 Å². The number of allylic oxidation sites excluding steroid dienone is 2. The number of fused-ring (bicyclic) bond motifs is 3. The molecule has 3 heterocycles. The number of ketones is 1. The van der Waals surface area contributed by atoms with Gasteiger partial charge in [-0.2, -0.15) is 4.98 Å². The molecule has 3 fully saturated rings. The summed E-state index contributed by atoms with van der Waals surface area (Å²) in [5.41, 5.74) is -2.13. The molecule has 7 atom stereocenters. The molecule has 6 rings (SSSR count). The van der Waals surface area contributed by atoms with Crippen LogP contribution in [0.15, 0.2) is 36.4 Å². The number of rotatable bonds is 10. The lowest BCUT2D eigenvalue weighted by Gasteiger charge is -2.32. The number of amides is 2. The maximum atomic E-state index is 14.9. The van der Waals surface area contributed by atoms with Crippen LogP contribution >= 0.6 is 11.6 Å². The number of pyridine rings is 1. The number of benzene rings is 1. The van der Waals surface area contributed by atoms with Gasteiger partial charge in [0.1, 0.15) is 11.7 Å². The molecule has 1 N–H and O–H groups in total. The van der Waals surface area contributed by atoms with Gasteiger partial charge in [-0.3, -0.25) is 23.9 Å². The molecular weight excluding hydrogens is 784 g/mol. The normalized spacial score (nSPS) is 29.2. The number of hydrogen-bond donors (Lipinski definition) is 1. The molecule has 12 nitrogen and oxygen atoms in total. The van der Waals surface area contributed by atoms with Crippen LogP contribution in [0.3, 0.4) is 0 Å². The summed E-state index contributed by atoms with van der Waals surface area (Å²) in [6.45, 7) is 8.18. The summed E-state index contributed by atoms with van der Waals surface area (Å²) >= 11 is 6.49. The highest BCUT2D eigenvalue weighted by atomic mass is 35.5. The van der Waals surface area contributed by atoms with Gasteiger partial charge in [0.15, 0.2) is 12.4 Å². The predicted molar refractivity (Wildman–Crippen MR) is 208 cm³/mol. The molecule has 16 heteroatoms.